The average Bonchev–Trinajstić information content (AvgIpc) is 2.69. The van der Waals surface area contributed by atoms with Crippen LogP contribution in [0.15, 0.2) is 40.9 Å². The van der Waals surface area contributed by atoms with Crippen molar-refractivity contribution in [3.05, 3.63) is 58.1 Å². The molecule has 1 N–H and O–H groups in total. The number of hydrogen-bond acceptors (Lipinski definition) is 4. The summed E-state index contributed by atoms with van der Waals surface area (Å²) in [5, 5.41) is 11.5. The van der Waals surface area contributed by atoms with Gasteiger partial charge >= 0.3 is 0 Å². The quantitative estimate of drug-likeness (QED) is 0.773. The van der Waals surface area contributed by atoms with Crippen molar-refractivity contribution in [1.82, 2.24) is 4.90 Å². The van der Waals surface area contributed by atoms with Crippen LogP contribution in [0.5, 0.6) is 0 Å². The van der Waals surface area contributed by atoms with Crippen LogP contribution in [0.4, 0.5) is 20.2 Å². The molecular formula is C20H19BrF2N4O. The van der Waals surface area contributed by atoms with Crippen LogP contribution in [0.25, 0.3) is 0 Å². The van der Waals surface area contributed by atoms with Gasteiger partial charge in [0.2, 0.25) is 5.91 Å². The molecule has 3 rings (SSSR count). The van der Waals surface area contributed by atoms with Gasteiger partial charge in [-0.2, -0.15) is 5.26 Å². The molecule has 8 heteroatoms. The van der Waals surface area contributed by atoms with E-state index in [-0.39, 0.29) is 17.2 Å². The Morgan fingerprint density at radius 1 is 1.14 bits per heavy atom. The summed E-state index contributed by atoms with van der Waals surface area (Å²) in [7, 11) is 0. The van der Waals surface area contributed by atoms with Gasteiger partial charge in [0.15, 0.2) is 0 Å². The fourth-order valence-electron chi connectivity index (χ4n) is 3.18. The number of amides is 1. The number of rotatable bonds is 4. The van der Waals surface area contributed by atoms with Crippen molar-refractivity contribution < 1.29 is 13.6 Å². The largest absolute Gasteiger partial charge is 0.367 e. The Balaban J connectivity index is 1.59. The fourth-order valence-corrected chi connectivity index (χ4v) is 3.51. The third-order valence-electron chi connectivity index (χ3n) is 4.85. The van der Waals surface area contributed by atoms with Gasteiger partial charge in [-0.1, -0.05) is 15.9 Å². The highest BCUT2D eigenvalue weighted by Gasteiger charge is 2.27. The molecule has 1 aliphatic rings. The van der Waals surface area contributed by atoms with E-state index >= 15 is 0 Å². The number of nitrogens with one attached hydrogen (secondary N) is 1. The standard InChI is InChI=1S/C20H19BrF2N4O/c1-13(20(28)25-18-4-3-15(21)11-16(18)22)26-6-8-27(9-7-26)19-5-2-14(12-24)10-17(19)23/h2-5,10-11,13H,6-9H2,1H3,(H,25,28). The second kappa shape index (κ2) is 8.67. The first-order valence-electron chi connectivity index (χ1n) is 8.83. The summed E-state index contributed by atoms with van der Waals surface area (Å²) in [6.45, 7) is 4.00. The Hall–Kier alpha value is -2.50. The zero-order chi connectivity index (χ0) is 20.3. The predicted octanol–water partition coefficient (Wildman–Crippen LogP) is 3.75. The van der Waals surface area contributed by atoms with Gasteiger partial charge < -0.3 is 10.2 Å². The molecule has 0 bridgehead atoms. The van der Waals surface area contributed by atoms with E-state index in [1.54, 1.807) is 25.1 Å². The Labute approximate surface area is 170 Å². The number of piperazine rings is 1. The van der Waals surface area contributed by atoms with Gasteiger partial charge in [0.05, 0.1) is 29.0 Å². The molecule has 1 heterocycles. The van der Waals surface area contributed by atoms with Gasteiger partial charge in [0.25, 0.3) is 0 Å². The van der Waals surface area contributed by atoms with E-state index in [0.29, 0.717) is 36.3 Å². The highest BCUT2D eigenvalue weighted by Crippen LogP contribution is 2.23. The number of halogens is 3. The zero-order valence-electron chi connectivity index (χ0n) is 15.3. The molecule has 0 radical (unpaired) electrons. The van der Waals surface area contributed by atoms with E-state index in [9.17, 15) is 13.6 Å². The summed E-state index contributed by atoms with van der Waals surface area (Å²) in [6, 6.07) is 10.4. The molecule has 1 saturated heterocycles. The van der Waals surface area contributed by atoms with E-state index in [1.165, 1.54) is 18.2 Å². The Morgan fingerprint density at radius 3 is 2.46 bits per heavy atom. The molecular weight excluding hydrogens is 430 g/mol. The van der Waals surface area contributed by atoms with Crippen molar-refractivity contribution in [2.24, 2.45) is 0 Å². The first kappa shape index (κ1) is 20.2. The first-order chi connectivity index (χ1) is 13.4. The van der Waals surface area contributed by atoms with Gasteiger partial charge in [-0.05, 0) is 43.3 Å². The van der Waals surface area contributed by atoms with Crippen LogP contribution in [0, 0.1) is 23.0 Å². The number of anilines is 2. The molecule has 146 valence electrons. The second-order valence-corrected chi connectivity index (χ2v) is 7.51. The summed E-state index contributed by atoms with van der Waals surface area (Å²) in [5.41, 5.74) is 0.872. The van der Waals surface area contributed by atoms with Gasteiger partial charge in [-0.15, -0.1) is 0 Å². The third-order valence-corrected chi connectivity index (χ3v) is 5.34. The lowest BCUT2D eigenvalue weighted by molar-refractivity contribution is -0.120. The van der Waals surface area contributed by atoms with Crippen LogP contribution in [0.2, 0.25) is 0 Å². The molecule has 0 spiro atoms. The first-order valence-corrected chi connectivity index (χ1v) is 9.63. The van der Waals surface area contributed by atoms with Crippen molar-refractivity contribution in [3.63, 3.8) is 0 Å². The summed E-state index contributed by atoms with van der Waals surface area (Å²) < 4.78 is 28.7. The molecule has 2 aromatic carbocycles. The monoisotopic (exact) mass is 448 g/mol. The van der Waals surface area contributed by atoms with E-state index < -0.39 is 17.7 Å². The summed E-state index contributed by atoms with van der Waals surface area (Å²) in [5.74, 6) is -1.22. The number of nitriles is 1. The van der Waals surface area contributed by atoms with Crippen LogP contribution < -0.4 is 10.2 Å². The Morgan fingerprint density at radius 2 is 1.86 bits per heavy atom. The zero-order valence-corrected chi connectivity index (χ0v) is 16.8. The smallest absolute Gasteiger partial charge is 0.241 e. The van der Waals surface area contributed by atoms with Gasteiger partial charge in [0.1, 0.15) is 11.6 Å². The van der Waals surface area contributed by atoms with Crippen molar-refractivity contribution >= 4 is 33.2 Å². The number of benzene rings is 2. The summed E-state index contributed by atoms with van der Waals surface area (Å²) in [6.07, 6.45) is 0. The van der Waals surface area contributed by atoms with Crippen LogP contribution in [0.1, 0.15) is 12.5 Å². The minimum atomic E-state index is -0.504. The number of carbonyl (C=O) groups excluding carboxylic acids is 1. The molecule has 0 aliphatic carbocycles. The van der Waals surface area contributed by atoms with Crippen molar-refractivity contribution in [2.75, 3.05) is 36.4 Å². The van der Waals surface area contributed by atoms with Crippen LogP contribution in [0.3, 0.4) is 0 Å². The molecule has 2 aromatic rings. The van der Waals surface area contributed by atoms with E-state index in [1.807, 2.05) is 15.9 Å². The number of nitrogens with zero attached hydrogens (tertiary/aromatic N) is 3. The molecule has 5 nitrogen and oxygen atoms in total. The van der Waals surface area contributed by atoms with Crippen molar-refractivity contribution in [2.45, 2.75) is 13.0 Å². The lowest BCUT2D eigenvalue weighted by Gasteiger charge is -2.38. The molecule has 1 amide bonds. The lowest BCUT2D eigenvalue weighted by atomic mass is 10.1. The molecule has 1 atom stereocenters. The average molecular weight is 449 g/mol. The minimum Gasteiger partial charge on any atom is -0.367 e. The Kier molecular flexibility index (Phi) is 6.27. The maximum absolute atomic E-state index is 14.2. The molecule has 0 saturated carbocycles. The van der Waals surface area contributed by atoms with Crippen molar-refractivity contribution in [1.29, 1.82) is 5.26 Å². The number of hydrogen-bond donors (Lipinski definition) is 1. The Bertz CT molecular complexity index is 923. The number of carbonyl (C=O) groups is 1. The van der Waals surface area contributed by atoms with Crippen LogP contribution in [-0.2, 0) is 4.79 Å². The topological polar surface area (TPSA) is 59.4 Å². The highest BCUT2D eigenvalue weighted by atomic mass is 79.9. The normalized spacial score (nSPS) is 15.8. The summed E-state index contributed by atoms with van der Waals surface area (Å²) in [4.78, 5) is 16.4. The van der Waals surface area contributed by atoms with E-state index in [4.69, 9.17) is 5.26 Å². The van der Waals surface area contributed by atoms with Crippen molar-refractivity contribution in [3.8, 4) is 6.07 Å². The third kappa shape index (κ3) is 4.49. The van der Waals surface area contributed by atoms with Gasteiger partial charge in [0, 0.05) is 30.7 Å². The molecule has 28 heavy (non-hydrogen) atoms. The van der Waals surface area contributed by atoms with Gasteiger partial charge in [-0.3, -0.25) is 9.69 Å². The minimum absolute atomic E-state index is 0.137. The lowest BCUT2D eigenvalue weighted by Crippen LogP contribution is -2.53. The predicted molar refractivity (Wildman–Crippen MR) is 107 cm³/mol. The second-order valence-electron chi connectivity index (χ2n) is 6.59. The molecule has 0 aromatic heterocycles. The maximum atomic E-state index is 14.2. The highest BCUT2D eigenvalue weighted by molar-refractivity contribution is 9.10. The van der Waals surface area contributed by atoms with Crippen LogP contribution in [-0.4, -0.2) is 43.0 Å². The molecule has 1 aliphatic heterocycles. The molecule has 1 fully saturated rings. The fraction of sp³-hybridized carbons (Fsp3) is 0.300. The summed E-state index contributed by atoms with van der Waals surface area (Å²) >= 11 is 3.18. The van der Waals surface area contributed by atoms with E-state index in [0.717, 1.165) is 0 Å². The van der Waals surface area contributed by atoms with Gasteiger partial charge in [-0.25, -0.2) is 8.78 Å². The molecule has 1 unspecified atom stereocenters. The van der Waals surface area contributed by atoms with E-state index in [2.05, 4.69) is 21.2 Å². The maximum Gasteiger partial charge on any atom is 0.241 e. The van der Waals surface area contributed by atoms with Crippen LogP contribution >= 0.6 is 15.9 Å². The SMILES string of the molecule is CC(C(=O)Nc1ccc(Br)cc1F)N1CCN(c2ccc(C#N)cc2F)CC1.